The molecule has 0 saturated heterocycles. The van der Waals surface area contributed by atoms with Gasteiger partial charge in [0.15, 0.2) is 5.82 Å². The van der Waals surface area contributed by atoms with E-state index >= 15 is 0 Å². The highest BCUT2D eigenvalue weighted by Gasteiger charge is 2.01. The van der Waals surface area contributed by atoms with Crippen LogP contribution < -0.4 is 4.74 Å². The average Bonchev–Trinajstić information content (AvgIpc) is 2.09. The van der Waals surface area contributed by atoms with Crippen LogP contribution in [0.2, 0.25) is 5.02 Å². The molecule has 12 heavy (non-hydrogen) atoms. The molecule has 0 amide bonds. The van der Waals surface area contributed by atoms with Gasteiger partial charge in [-0.2, -0.15) is 0 Å². The summed E-state index contributed by atoms with van der Waals surface area (Å²) in [5.41, 5.74) is 0. The fourth-order valence-electron chi connectivity index (χ4n) is 0.650. The van der Waals surface area contributed by atoms with Gasteiger partial charge in [0.2, 0.25) is 6.08 Å². The monoisotopic (exact) mass is 184 g/mol. The lowest BCUT2D eigenvalue weighted by molar-refractivity contribution is 0.413. The molecular formula is C7H5ClN2O2. The van der Waals surface area contributed by atoms with Crippen LogP contribution in [0.3, 0.4) is 0 Å². The molecule has 0 N–H and O–H groups in total. The molecule has 1 heterocycles. The van der Waals surface area contributed by atoms with Gasteiger partial charge in [-0.25, -0.2) is 9.78 Å². The number of pyridine rings is 1. The van der Waals surface area contributed by atoms with Crippen molar-refractivity contribution in [3.8, 4) is 5.75 Å². The van der Waals surface area contributed by atoms with Crippen LogP contribution in [0.15, 0.2) is 17.3 Å². The molecule has 0 radical (unpaired) electrons. The first kappa shape index (κ1) is 8.71. The summed E-state index contributed by atoms with van der Waals surface area (Å²) in [5, 5.41) is 0.262. The van der Waals surface area contributed by atoms with Gasteiger partial charge >= 0.3 is 0 Å². The first-order valence-corrected chi connectivity index (χ1v) is 3.43. The summed E-state index contributed by atoms with van der Waals surface area (Å²) < 4.78 is 4.84. The number of aromatic nitrogens is 1. The molecule has 0 aromatic carbocycles. The topological polar surface area (TPSA) is 51.6 Å². The van der Waals surface area contributed by atoms with Gasteiger partial charge in [-0.15, -0.1) is 4.99 Å². The van der Waals surface area contributed by atoms with Crippen LogP contribution in [0.4, 0.5) is 5.82 Å². The number of isocyanates is 1. The van der Waals surface area contributed by atoms with Crippen LogP contribution in [0.1, 0.15) is 0 Å². The van der Waals surface area contributed by atoms with Crippen LogP contribution in [0.5, 0.6) is 5.75 Å². The zero-order valence-electron chi connectivity index (χ0n) is 6.24. The maximum atomic E-state index is 9.86. The Labute approximate surface area is 73.9 Å². The van der Waals surface area contributed by atoms with E-state index in [0.29, 0.717) is 5.75 Å². The molecule has 0 atom stereocenters. The maximum Gasteiger partial charge on any atom is 0.242 e. The molecule has 0 aliphatic heterocycles. The zero-order valence-corrected chi connectivity index (χ0v) is 7.00. The first-order chi connectivity index (χ1) is 5.77. The lowest BCUT2D eigenvalue weighted by atomic mass is 10.4. The molecule has 4 nitrogen and oxygen atoms in total. The standard InChI is InChI=1S/C7H5ClN2O2/c1-12-5-2-6(8)7(9-3-5)10-4-11/h2-3H,1H3. The molecule has 1 aromatic rings. The normalized spacial score (nSPS) is 8.83. The van der Waals surface area contributed by atoms with E-state index in [1.165, 1.54) is 25.5 Å². The predicted octanol–water partition coefficient (Wildman–Crippen LogP) is 1.71. The number of aliphatic imine (C=N–C) groups is 1. The zero-order chi connectivity index (χ0) is 8.97. The summed E-state index contributed by atoms with van der Waals surface area (Å²) in [5.74, 6) is 0.664. The number of rotatable bonds is 2. The highest BCUT2D eigenvalue weighted by atomic mass is 35.5. The molecule has 0 bridgehead atoms. The third kappa shape index (κ3) is 1.81. The minimum atomic E-state index is 0.146. The summed E-state index contributed by atoms with van der Waals surface area (Å²) in [4.78, 5) is 16.9. The number of carbonyl (C=O) groups excluding carboxylic acids is 1. The minimum absolute atomic E-state index is 0.146. The molecule has 0 unspecified atom stereocenters. The second kappa shape index (κ2) is 3.85. The van der Waals surface area contributed by atoms with E-state index in [0.717, 1.165) is 0 Å². The van der Waals surface area contributed by atoms with Crippen LogP contribution in [0, 0.1) is 0 Å². The Morgan fingerprint density at radius 2 is 2.50 bits per heavy atom. The molecule has 62 valence electrons. The van der Waals surface area contributed by atoms with Crippen molar-refractivity contribution < 1.29 is 9.53 Å². The van der Waals surface area contributed by atoms with Gasteiger partial charge in [0.05, 0.1) is 18.3 Å². The van der Waals surface area contributed by atoms with Crippen molar-refractivity contribution in [2.24, 2.45) is 4.99 Å². The summed E-state index contributed by atoms with van der Waals surface area (Å²) in [6.07, 6.45) is 2.77. The Bertz CT molecular complexity index is 334. The van der Waals surface area contributed by atoms with E-state index in [-0.39, 0.29) is 10.8 Å². The van der Waals surface area contributed by atoms with E-state index < -0.39 is 0 Å². The van der Waals surface area contributed by atoms with Gasteiger partial charge in [-0.3, -0.25) is 0 Å². The maximum absolute atomic E-state index is 9.86. The quantitative estimate of drug-likeness (QED) is 0.519. The SMILES string of the molecule is COc1cnc(N=C=O)c(Cl)c1. The van der Waals surface area contributed by atoms with Crippen LogP contribution in [0.25, 0.3) is 0 Å². The summed E-state index contributed by atoms with van der Waals surface area (Å²) in [7, 11) is 1.50. The van der Waals surface area contributed by atoms with E-state index in [9.17, 15) is 4.79 Å². The number of hydrogen-bond donors (Lipinski definition) is 0. The molecule has 0 aliphatic rings. The lowest BCUT2D eigenvalue weighted by Gasteiger charge is -1.99. The fourth-order valence-corrected chi connectivity index (χ4v) is 0.849. The van der Waals surface area contributed by atoms with Crippen molar-refractivity contribution in [2.75, 3.05) is 7.11 Å². The van der Waals surface area contributed by atoms with Crippen molar-refractivity contribution in [2.45, 2.75) is 0 Å². The van der Waals surface area contributed by atoms with E-state index in [4.69, 9.17) is 16.3 Å². The van der Waals surface area contributed by atoms with Crippen molar-refractivity contribution in [3.05, 3.63) is 17.3 Å². The lowest BCUT2D eigenvalue weighted by Crippen LogP contribution is -1.84. The molecule has 1 aromatic heterocycles. The van der Waals surface area contributed by atoms with Crippen LogP contribution >= 0.6 is 11.6 Å². The van der Waals surface area contributed by atoms with Gasteiger partial charge in [-0.1, -0.05) is 11.6 Å². The molecule has 5 heteroatoms. The Morgan fingerprint density at radius 3 is 3.00 bits per heavy atom. The molecule has 1 rings (SSSR count). The second-order valence-electron chi connectivity index (χ2n) is 1.88. The predicted molar refractivity (Wildman–Crippen MR) is 43.6 cm³/mol. The number of halogens is 1. The van der Waals surface area contributed by atoms with E-state index in [2.05, 4.69) is 9.98 Å². The third-order valence-electron chi connectivity index (χ3n) is 1.18. The van der Waals surface area contributed by atoms with Gasteiger partial charge in [0.1, 0.15) is 5.75 Å². The second-order valence-corrected chi connectivity index (χ2v) is 2.29. The molecule has 0 saturated carbocycles. The van der Waals surface area contributed by atoms with Crippen molar-refractivity contribution in [1.29, 1.82) is 0 Å². The largest absolute Gasteiger partial charge is 0.495 e. The average molecular weight is 185 g/mol. The fraction of sp³-hybridized carbons (Fsp3) is 0.143. The summed E-state index contributed by atoms with van der Waals surface area (Å²) in [6.45, 7) is 0. The van der Waals surface area contributed by atoms with Crippen molar-refractivity contribution >= 4 is 23.5 Å². The van der Waals surface area contributed by atoms with Gasteiger partial charge in [0.25, 0.3) is 0 Å². The number of hydrogen-bond acceptors (Lipinski definition) is 4. The highest BCUT2D eigenvalue weighted by Crippen LogP contribution is 2.25. The molecule has 0 aliphatic carbocycles. The Balaban J connectivity index is 3.11. The Morgan fingerprint density at radius 1 is 1.75 bits per heavy atom. The molecular weight excluding hydrogens is 180 g/mol. The summed E-state index contributed by atoms with van der Waals surface area (Å²) >= 11 is 5.67. The van der Waals surface area contributed by atoms with Gasteiger partial charge in [0, 0.05) is 6.07 Å². The third-order valence-corrected chi connectivity index (χ3v) is 1.46. The molecule has 0 fully saturated rings. The molecule has 0 spiro atoms. The number of ether oxygens (including phenoxy) is 1. The van der Waals surface area contributed by atoms with Gasteiger partial charge in [-0.05, 0) is 0 Å². The van der Waals surface area contributed by atoms with Gasteiger partial charge < -0.3 is 4.74 Å². The first-order valence-electron chi connectivity index (χ1n) is 3.05. The number of methoxy groups -OCH3 is 1. The smallest absolute Gasteiger partial charge is 0.242 e. The van der Waals surface area contributed by atoms with Crippen LogP contribution in [-0.4, -0.2) is 18.2 Å². The van der Waals surface area contributed by atoms with Crippen molar-refractivity contribution in [1.82, 2.24) is 4.98 Å². The Kier molecular flexibility index (Phi) is 2.80. The van der Waals surface area contributed by atoms with E-state index in [1.54, 1.807) is 0 Å². The highest BCUT2D eigenvalue weighted by molar-refractivity contribution is 6.32. The number of nitrogens with zero attached hydrogens (tertiary/aromatic N) is 2. The van der Waals surface area contributed by atoms with Crippen molar-refractivity contribution in [3.63, 3.8) is 0 Å². The van der Waals surface area contributed by atoms with Crippen LogP contribution in [-0.2, 0) is 4.79 Å². The minimum Gasteiger partial charge on any atom is -0.495 e. The summed E-state index contributed by atoms with van der Waals surface area (Å²) in [6, 6.07) is 1.52. The Hall–Kier alpha value is -1.38. The van der Waals surface area contributed by atoms with E-state index in [1.807, 2.05) is 0 Å².